The predicted molar refractivity (Wildman–Crippen MR) is 173 cm³/mol. The van der Waals surface area contributed by atoms with Crippen LogP contribution in [0.25, 0.3) is 0 Å². The van der Waals surface area contributed by atoms with Gasteiger partial charge in [0.05, 0.1) is 0 Å². The number of hydrogen-bond acceptors (Lipinski definition) is 2. The van der Waals surface area contributed by atoms with Crippen LogP contribution in [-0.2, 0) is 0 Å². The first-order chi connectivity index (χ1) is 20.8. The normalized spacial score (nSPS) is 31.7. The standard InChI is InChI=1S/C40H44N2/c1-5-13-31(14-6-1)36(32-15-7-2-8-16-32)27-37-39(35-23-24-41(37)29-35)40(28-30-21-25-42(40)26-22-30)38(33-17-9-3-10-18-33)34-19-11-4-12-20-34/h1-20,30,35-39H,21-29H2/t35?,37-,39-,40-/m0/s1. The lowest BCUT2D eigenvalue weighted by Crippen LogP contribution is -2.68. The predicted octanol–water partition coefficient (Wildman–Crippen LogP) is 8.22. The van der Waals surface area contributed by atoms with Crippen molar-refractivity contribution < 1.29 is 0 Å². The Morgan fingerprint density at radius 3 is 1.57 bits per heavy atom. The van der Waals surface area contributed by atoms with E-state index in [4.69, 9.17) is 0 Å². The molecule has 9 rings (SSSR count). The Hall–Kier alpha value is -3.20. The molecule has 0 aromatic heterocycles. The number of piperidine rings is 4. The molecule has 5 fully saturated rings. The third-order valence-corrected chi connectivity index (χ3v) is 11.7. The van der Waals surface area contributed by atoms with E-state index in [2.05, 4.69) is 131 Å². The summed E-state index contributed by atoms with van der Waals surface area (Å²) < 4.78 is 0. The second-order valence-corrected chi connectivity index (χ2v) is 13.6. The van der Waals surface area contributed by atoms with Crippen molar-refractivity contribution in [3.05, 3.63) is 144 Å². The summed E-state index contributed by atoms with van der Waals surface area (Å²) in [5.41, 5.74) is 6.10. The van der Waals surface area contributed by atoms with Gasteiger partial charge in [0, 0.05) is 30.0 Å². The molecule has 5 atom stereocenters. The van der Waals surface area contributed by atoms with Gasteiger partial charge in [0.1, 0.15) is 0 Å². The van der Waals surface area contributed by atoms with Crippen molar-refractivity contribution >= 4 is 0 Å². The summed E-state index contributed by atoms with van der Waals surface area (Å²) in [5, 5.41) is 0. The van der Waals surface area contributed by atoms with Gasteiger partial charge in [-0.15, -0.1) is 0 Å². The largest absolute Gasteiger partial charge is 0.300 e. The molecule has 5 saturated heterocycles. The van der Waals surface area contributed by atoms with Gasteiger partial charge >= 0.3 is 0 Å². The SMILES string of the molecule is c1ccc(C(C[C@H]2[C@@H]([C@@]3(C(c4ccccc4)c4ccccc4)CC4CCN3CC4)C3CCN2C3)c2ccccc2)cc1. The fourth-order valence-corrected chi connectivity index (χ4v) is 10.1. The zero-order chi connectivity index (χ0) is 27.9. The van der Waals surface area contributed by atoms with E-state index in [0.717, 1.165) is 11.8 Å². The van der Waals surface area contributed by atoms with Crippen LogP contribution in [-0.4, -0.2) is 47.6 Å². The zero-order valence-corrected chi connectivity index (χ0v) is 24.8. The molecule has 0 saturated carbocycles. The van der Waals surface area contributed by atoms with Crippen LogP contribution >= 0.6 is 0 Å². The number of nitrogens with zero attached hydrogens (tertiary/aromatic N) is 2. The second-order valence-electron chi connectivity index (χ2n) is 13.6. The van der Waals surface area contributed by atoms with Crippen molar-refractivity contribution in [1.82, 2.24) is 9.80 Å². The third kappa shape index (κ3) is 4.46. The molecule has 0 aliphatic carbocycles. The molecule has 4 aromatic rings. The van der Waals surface area contributed by atoms with E-state index < -0.39 is 0 Å². The third-order valence-electron chi connectivity index (χ3n) is 11.7. The van der Waals surface area contributed by atoms with Gasteiger partial charge in [0.25, 0.3) is 0 Å². The van der Waals surface area contributed by atoms with E-state index in [1.54, 1.807) is 0 Å². The maximum Gasteiger partial charge on any atom is 0.0367 e. The van der Waals surface area contributed by atoms with Crippen molar-refractivity contribution in [2.45, 2.75) is 55.5 Å². The van der Waals surface area contributed by atoms with Gasteiger partial charge in [-0.2, -0.15) is 0 Å². The van der Waals surface area contributed by atoms with Crippen molar-refractivity contribution in [2.75, 3.05) is 26.2 Å². The molecule has 0 amide bonds. The zero-order valence-electron chi connectivity index (χ0n) is 24.8. The summed E-state index contributed by atoms with van der Waals surface area (Å²) in [6.07, 6.45) is 6.65. The topological polar surface area (TPSA) is 6.48 Å². The monoisotopic (exact) mass is 552 g/mol. The van der Waals surface area contributed by atoms with Gasteiger partial charge in [-0.3, -0.25) is 9.80 Å². The van der Waals surface area contributed by atoms with Crippen molar-refractivity contribution in [1.29, 1.82) is 0 Å². The van der Waals surface area contributed by atoms with E-state index >= 15 is 0 Å². The van der Waals surface area contributed by atoms with E-state index in [1.807, 2.05) is 0 Å². The first-order valence-electron chi connectivity index (χ1n) is 16.5. The van der Waals surface area contributed by atoms with Crippen LogP contribution in [0.3, 0.4) is 0 Å². The van der Waals surface area contributed by atoms with Crippen molar-refractivity contribution in [2.24, 2.45) is 17.8 Å². The Labute approximate surface area is 252 Å². The molecule has 0 radical (unpaired) electrons. The highest BCUT2D eigenvalue weighted by Gasteiger charge is 2.63. The summed E-state index contributed by atoms with van der Waals surface area (Å²) in [6, 6.07) is 46.6. The fraction of sp³-hybridized carbons (Fsp3) is 0.400. The number of hydrogen-bond donors (Lipinski definition) is 0. The molecule has 214 valence electrons. The molecule has 5 heterocycles. The Morgan fingerprint density at radius 1 is 0.595 bits per heavy atom. The molecule has 5 aliphatic rings. The molecule has 4 bridgehead atoms. The Kier molecular flexibility index (Phi) is 7.01. The summed E-state index contributed by atoms with van der Waals surface area (Å²) >= 11 is 0. The minimum atomic E-state index is 0.145. The molecule has 5 aliphatic heterocycles. The van der Waals surface area contributed by atoms with Crippen LogP contribution in [0, 0.1) is 17.8 Å². The molecular weight excluding hydrogens is 508 g/mol. The number of benzene rings is 4. The summed E-state index contributed by atoms with van der Waals surface area (Å²) in [4.78, 5) is 5.95. The van der Waals surface area contributed by atoms with Crippen LogP contribution in [0.4, 0.5) is 0 Å². The summed E-state index contributed by atoms with van der Waals surface area (Å²) in [7, 11) is 0. The summed E-state index contributed by atoms with van der Waals surface area (Å²) in [6.45, 7) is 5.07. The first-order valence-corrected chi connectivity index (χ1v) is 16.5. The molecule has 0 N–H and O–H groups in total. The highest BCUT2D eigenvalue weighted by atomic mass is 15.3. The van der Waals surface area contributed by atoms with Gasteiger partial charge in [-0.05, 0) is 91.7 Å². The van der Waals surface area contributed by atoms with Crippen LogP contribution in [0.15, 0.2) is 121 Å². The maximum atomic E-state index is 3.02. The van der Waals surface area contributed by atoms with E-state index in [9.17, 15) is 0 Å². The van der Waals surface area contributed by atoms with Gasteiger partial charge < -0.3 is 0 Å². The molecule has 2 unspecified atom stereocenters. The Balaban J connectivity index is 1.28. The Morgan fingerprint density at radius 2 is 1.10 bits per heavy atom. The average Bonchev–Trinajstić information content (AvgIpc) is 3.68. The van der Waals surface area contributed by atoms with Crippen LogP contribution in [0.2, 0.25) is 0 Å². The van der Waals surface area contributed by atoms with Crippen molar-refractivity contribution in [3.63, 3.8) is 0 Å². The lowest BCUT2D eigenvalue weighted by molar-refractivity contribution is -0.100. The van der Waals surface area contributed by atoms with Gasteiger partial charge in [-0.1, -0.05) is 121 Å². The van der Waals surface area contributed by atoms with Gasteiger partial charge in [-0.25, -0.2) is 0 Å². The number of rotatable bonds is 8. The maximum absolute atomic E-state index is 3.02. The molecule has 2 heteroatoms. The average molecular weight is 553 g/mol. The lowest BCUT2D eigenvalue weighted by atomic mass is 9.54. The Bertz CT molecular complexity index is 1370. The highest BCUT2D eigenvalue weighted by molar-refractivity contribution is 5.40. The highest BCUT2D eigenvalue weighted by Crippen LogP contribution is 2.60. The number of fused-ring (bicyclic) bond motifs is 5. The lowest BCUT2D eigenvalue weighted by Gasteiger charge is -2.63. The smallest absolute Gasteiger partial charge is 0.0367 e. The second kappa shape index (κ2) is 11.1. The van der Waals surface area contributed by atoms with E-state index in [-0.39, 0.29) is 5.54 Å². The van der Waals surface area contributed by atoms with Crippen molar-refractivity contribution in [3.8, 4) is 0 Å². The minimum absolute atomic E-state index is 0.145. The molecule has 4 aromatic carbocycles. The molecular formula is C40H44N2. The van der Waals surface area contributed by atoms with Crippen LogP contribution in [0.1, 0.15) is 66.2 Å². The van der Waals surface area contributed by atoms with Crippen LogP contribution in [0.5, 0.6) is 0 Å². The van der Waals surface area contributed by atoms with E-state index in [0.29, 0.717) is 23.8 Å². The molecule has 42 heavy (non-hydrogen) atoms. The van der Waals surface area contributed by atoms with Gasteiger partial charge in [0.15, 0.2) is 0 Å². The van der Waals surface area contributed by atoms with Crippen LogP contribution < -0.4 is 0 Å². The van der Waals surface area contributed by atoms with Gasteiger partial charge in [0.2, 0.25) is 0 Å². The minimum Gasteiger partial charge on any atom is -0.300 e. The molecule has 0 spiro atoms. The first kappa shape index (κ1) is 26.4. The quantitative estimate of drug-likeness (QED) is 0.217. The molecule has 2 nitrogen and oxygen atoms in total. The fourth-order valence-electron chi connectivity index (χ4n) is 10.1. The summed E-state index contributed by atoms with van der Waals surface area (Å²) in [5.74, 6) is 3.09. The van der Waals surface area contributed by atoms with E-state index in [1.165, 1.54) is 80.5 Å².